The third kappa shape index (κ3) is 3.60. The molecule has 1 heterocycles. The Labute approximate surface area is 114 Å². The van der Waals surface area contributed by atoms with E-state index in [1.54, 1.807) is 6.92 Å². The van der Waals surface area contributed by atoms with Crippen molar-refractivity contribution in [3.05, 3.63) is 17.9 Å². The van der Waals surface area contributed by atoms with Crippen molar-refractivity contribution in [3.8, 4) is 0 Å². The van der Waals surface area contributed by atoms with Crippen molar-refractivity contribution in [2.75, 3.05) is 5.75 Å². The number of rotatable bonds is 6. The van der Waals surface area contributed by atoms with Gasteiger partial charge in [-0.25, -0.2) is 0 Å². The number of unbranched alkanes of at least 4 members (excludes halogenated alkanes) is 1. The molecule has 0 bridgehead atoms. The number of halogens is 1. The van der Waals surface area contributed by atoms with E-state index in [1.807, 2.05) is 6.92 Å². The van der Waals surface area contributed by atoms with E-state index < -0.39 is 40.8 Å². The molecule has 0 spiro atoms. The SMILES string of the molecule is CCCCS(=O)(=O)C1=[C](C)[In]([CH2]C(=O)O)[C](F)=C1. The number of allylic oxidation sites excluding steroid dienone is 2. The Kier molecular flexibility index (Phi) is 5.46. The molecular formula is C11H16FInO4S. The van der Waals surface area contributed by atoms with E-state index >= 15 is 0 Å². The minimum absolute atomic E-state index is 0.00557. The molecule has 1 rings (SSSR count). The molecule has 0 aromatic heterocycles. The van der Waals surface area contributed by atoms with Crippen molar-refractivity contribution in [2.24, 2.45) is 0 Å². The first-order valence-electron chi connectivity index (χ1n) is 5.82. The quantitative estimate of drug-likeness (QED) is 0.768. The molecule has 0 aromatic carbocycles. The fourth-order valence-corrected chi connectivity index (χ4v) is 12.3. The van der Waals surface area contributed by atoms with Crippen molar-refractivity contribution < 1.29 is 22.7 Å². The first-order valence-corrected chi connectivity index (χ1v) is 13.1. The molecule has 0 atom stereocenters. The average Bonchev–Trinajstić information content (AvgIpc) is 2.54. The minimum atomic E-state index is -3.45. The Morgan fingerprint density at radius 3 is 2.61 bits per heavy atom. The van der Waals surface area contributed by atoms with Gasteiger partial charge in [-0.3, -0.25) is 0 Å². The van der Waals surface area contributed by atoms with Gasteiger partial charge in [-0.05, 0) is 0 Å². The van der Waals surface area contributed by atoms with Crippen LogP contribution in [0.4, 0.5) is 4.39 Å². The van der Waals surface area contributed by atoms with Crippen LogP contribution in [0.25, 0.3) is 0 Å². The van der Waals surface area contributed by atoms with E-state index in [0.29, 0.717) is 9.75 Å². The van der Waals surface area contributed by atoms with Gasteiger partial charge in [0.25, 0.3) is 0 Å². The molecule has 0 radical (unpaired) electrons. The molecule has 0 amide bonds. The van der Waals surface area contributed by atoms with Crippen LogP contribution in [-0.2, 0) is 14.6 Å². The molecule has 0 aromatic rings. The van der Waals surface area contributed by atoms with Crippen LogP contribution >= 0.6 is 0 Å². The first kappa shape index (κ1) is 15.8. The predicted octanol–water partition coefficient (Wildman–Crippen LogP) is 2.00. The van der Waals surface area contributed by atoms with Crippen LogP contribution in [-0.4, -0.2) is 46.7 Å². The average molecular weight is 378 g/mol. The van der Waals surface area contributed by atoms with Crippen molar-refractivity contribution >= 4 is 37.2 Å². The van der Waals surface area contributed by atoms with Gasteiger partial charge in [-0.1, -0.05) is 0 Å². The van der Waals surface area contributed by atoms with E-state index in [1.165, 1.54) is 0 Å². The maximum atomic E-state index is 13.7. The zero-order valence-electron chi connectivity index (χ0n) is 10.4. The molecule has 0 saturated carbocycles. The van der Waals surface area contributed by atoms with Crippen LogP contribution in [0.2, 0.25) is 4.18 Å². The number of sulfone groups is 1. The molecule has 100 valence electrons. The second-order valence-corrected chi connectivity index (χ2v) is 14.8. The molecule has 18 heavy (non-hydrogen) atoms. The van der Waals surface area contributed by atoms with Gasteiger partial charge in [0.05, 0.1) is 0 Å². The summed E-state index contributed by atoms with van der Waals surface area (Å²) in [6.45, 7) is 3.46. The van der Waals surface area contributed by atoms with Gasteiger partial charge in [0.1, 0.15) is 0 Å². The number of carbonyl (C=O) groups is 1. The summed E-state index contributed by atoms with van der Waals surface area (Å²) in [7, 11) is -3.45. The number of aliphatic carboxylic acids is 1. The molecule has 4 nitrogen and oxygen atoms in total. The zero-order valence-corrected chi connectivity index (χ0v) is 14.6. The van der Waals surface area contributed by atoms with E-state index in [4.69, 9.17) is 5.11 Å². The van der Waals surface area contributed by atoms with Crippen molar-refractivity contribution in [1.29, 1.82) is 0 Å². The van der Waals surface area contributed by atoms with E-state index in [-0.39, 0.29) is 14.8 Å². The van der Waals surface area contributed by atoms with Gasteiger partial charge in [0.15, 0.2) is 0 Å². The normalized spacial score (nSPS) is 16.2. The standard InChI is InChI=1S/C9H13FO2S.C2H3O2.In/c1-3-5-8-13(11,12)9(4-2)6-7-10;1-2(3)4;/h6H,3,5,8H2,1-2H3;1H2,(H,3,4);. The van der Waals surface area contributed by atoms with Gasteiger partial charge in [-0.2, -0.15) is 0 Å². The fourth-order valence-electron chi connectivity index (χ4n) is 1.92. The number of hydrogen-bond acceptors (Lipinski definition) is 3. The van der Waals surface area contributed by atoms with Crippen LogP contribution in [0.15, 0.2) is 17.9 Å². The van der Waals surface area contributed by atoms with Crippen LogP contribution in [0, 0.1) is 0 Å². The molecule has 1 aliphatic heterocycles. The Morgan fingerprint density at radius 1 is 1.50 bits per heavy atom. The summed E-state index contributed by atoms with van der Waals surface area (Å²) in [5, 5.41) is 8.73. The van der Waals surface area contributed by atoms with Gasteiger partial charge >= 0.3 is 114 Å². The topological polar surface area (TPSA) is 71.4 Å². The second kappa shape index (κ2) is 6.23. The molecule has 0 unspecified atom stereocenters. The summed E-state index contributed by atoms with van der Waals surface area (Å²) in [6.07, 6.45) is 2.34. The molecule has 7 heteroatoms. The second-order valence-electron chi connectivity index (χ2n) is 4.40. The number of carboxylic acids is 1. The molecule has 1 N–H and O–H groups in total. The van der Waals surface area contributed by atoms with Crippen molar-refractivity contribution in [3.63, 3.8) is 0 Å². The number of hydrogen-bond donors (Lipinski definition) is 1. The van der Waals surface area contributed by atoms with Crippen molar-refractivity contribution in [1.82, 2.24) is 0 Å². The van der Waals surface area contributed by atoms with E-state index in [0.717, 1.165) is 12.5 Å². The van der Waals surface area contributed by atoms with Gasteiger partial charge < -0.3 is 0 Å². The van der Waals surface area contributed by atoms with E-state index in [2.05, 4.69) is 0 Å². The predicted molar refractivity (Wildman–Crippen MR) is 68.8 cm³/mol. The maximum absolute atomic E-state index is 13.7. The fraction of sp³-hybridized carbons (Fsp3) is 0.545. The Hall–Kier alpha value is -0.300. The third-order valence-corrected chi connectivity index (χ3v) is 13.9. The summed E-state index contributed by atoms with van der Waals surface area (Å²) >= 11 is -3.18. The Morgan fingerprint density at radius 2 is 2.11 bits per heavy atom. The third-order valence-electron chi connectivity index (χ3n) is 2.99. The first-order chi connectivity index (χ1) is 8.29. The Balaban J connectivity index is 3.02. The van der Waals surface area contributed by atoms with Gasteiger partial charge in [0.2, 0.25) is 0 Å². The van der Waals surface area contributed by atoms with Crippen LogP contribution < -0.4 is 0 Å². The zero-order chi connectivity index (χ0) is 13.9. The summed E-state index contributed by atoms with van der Waals surface area (Å²) in [5.41, 5.74) is 0. The van der Waals surface area contributed by atoms with Crippen molar-refractivity contribution in [2.45, 2.75) is 30.9 Å². The van der Waals surface area contributed by atoms with Crippen LogP contribution in [0.1, 0.15) is 26.7 Å². The van der Waals surface area contributed by atoms with Gasteiger partial charge in [0, 0.05) is 0 Å². The Bertz CT molecular complexity index is 507. The molecule has 0 saturated heterocycles. The molecular weight excluding hydrogens is 362 g/mol. The molecule has 1 aliphatic rings. The molecule has 0 fully saturated rings. The number of carboxylic acid groups (broad SMARTS) is 1. The monoisotopic (exact) mass is 378 g/mol. The van der Waals surface area contributed by atoms with Crippen LogP contribution in [0.3, 0.4) is 0 Å². The van der Waals surface area contributed by atoms with Crippen LogP contribution in [0.5, 0.6) is 0 Å². The summed E-state index contributed by atoms with van der Waals surface area (Å²) in [5.74, 6) is -1.04. The molecule has 0 aliphatic carbocycles. The summed E-state index contributed by atoms with van der Waals surface area (Å²) in [4.78, 5) is 10.7. The summed E-state index contributed by atoms with van der Waals surface area (Å²) < 4.78 is 37.5. The van der Waals surface area contributed by atoms with E-state index in [9.17, 15) is 17.6 Å². The van der Waals surface area contributed by atoms with Gasteiger partial charge in [-0.15, -0.1) is 0 Å². The summed E-state index contributed by atoms with van der Waals surface area (Å²) in [6, 6.07) is 0.